The van der Waals surface area contributed by atoms with Crippen molar-refractivity contribution >= 4 is 5.69 Å². The first-order chi connectivity index (χ1) is 13.4. The van der Waals surface area contributed by atoms with E-state index in [2.05, 4.69) is 6.92 Å². The van der Waals surface area contributed by atoms with Crippen LogP contribution in [0.25, 0.3) is 0 Å². The third-order valence-corrected chi connectivity index (χ3v) is 6.80. The lowest BCUT2D eigenvalue weighted by atomic mass is 9.68. The number of halogens is 2. The molecule has 0 atom stereocenters. The van der Waals surface area contributed by atoms with Crippen LogP contribution in [-0.4, -0.2) is 11.0 Å². The van der Waals surface area contributed by atoms with E-state index in [1.165, 1.54) is 62.8 Å². The number of alkyl halides is 2. The van der Waals surface area contributed by atoms with Crippen molar-refractivity contribution in [2.45, 2.75) is 77.2 Å². The number of hydrogen-bond acceptors (Lipinski definition) is 3. The van der Waals surface area contributed by atoms with Gasteiger partial charge in [0.25, 0.3) is 5.69 Å². The SMILES string of the molecule is CCCC1CCC(C2CCC(C(F)(F)Oc3ccc([N+](=O)[O-])cc3)CC2)CC1. The van der Waals surface area contributed by atoms with Gasteiger partial charge in [-0.1, -0.05) is 32.6 Å². The number of ether oxygens (including phenoxy) is 1. The summed E-state index contributed by atoms with van der Waals surface area (Å²) in [5.74, 6) is 1.35. The minimum Gasteiger partial charge on any atom is -0.432 e. The van der Waals surface area contributed by atoms with Gasteiger partial charge >= 0.3 is 6.11 Å². The van der Waals surface area contributed by atoms with E-state index in [4.69, 9.17) is 4.74 Å². The van der Waals surface area contributed by atoms with Crippen molar-refractivity contribution in [3.63, 3.8) is 0 Å². The minimum atomic E-state index is -3.24. The molecule has 0 bridgehead atoms. The van der Waals surface area contributed by atoms with Crippen molar-refractivity contribution in [2.75, 3.05) is 0 Å². The summed E-state index contributed by atoms with van der Waals surface area (Å²) in [4.78, 5) is 10.1. The van der Waals surface area contributed by atoms with Gasteiger partial charge in [0, 0.05) is 12.1 Å². The van der Waals surface area contributed by atoms with Crippen molar-refractivity contribution in [1.29, 1.82) is 0 Å². The molecule has 0 unspecified atom stereocenters. The molecule has 0 aromatic heterocycles. The summed E-state index contributed by atoms with van der Waals surface area (Å²) in [6.45, 7) is 2.24. The first-order valence-electron chi connectivity index (χ1n) is 10.7. The first-order valence-corrected chi connectivity index (χ1v) is 10.7. The van der Waals surface area contributed by atoms with Gasteiger partial charge in [0.05, 0.1) is 10.8 Å². The second-order valence-corrected chi connectivity index (χ2v) is 8.60. The van der Waals surface area contributed by atoms with E-state index in [1.54, 1.807) is 0 Å². The number of hydrogen-bond donors (Lipinski definition) is 0. The fourth-order valence-electron chi connectivity index (χ4n) is 5.16. The highest BCUT2D eigenvalue weighted by atomic mass is 19.3. The van der Waals surface area contributed by atoms with Crippen LogP contribution in [0.1, 0.15) is 71.1 Å². The highest BCUT2D eigenvalue weighted by Gasteiger charge is 2.45. The summed E-state index contributed by atoms with van der Waals surface area (Å²) in [6.07, 6.45) is 7.15. The van der Waals surface area contributed by atoms with E-state index in [1.807, 2.05) is 0 Å². The van der Waals surface area contributed by atoms with Crippen molar-refractivity contribution in [3.8, 4) is 5.75 Å². The lowest BCUT2D eigenvalue weighted by Crippen LogP contribution is -2.38. The first kappa shape index (κ1) is 21.0. The molecule has 156 valence electrons. The molecule has 28 heavy (non-hydrogen) atoms. The van der Waals surface area contributed by atoms with Gasteiger partial charge in [-0.15, -0.1) is 0 Å². The summed E-state index contributed by atoms with van der Waals surface area (Å²) in [7, 11) is 0. The van der Waals surface area contributed by atoms with Crippen molar-refractivity contribution in [3.05, 3.63) is 34.4 Å². The van der Waals surface area contributed by atoms with Crippen molar-refractivity contribution in [2.24, 2.45) is 23.7 Å². The second-order valence-electron chi connectivity index (χ2n) is 8.60. The topological polar surface area (TPSA) is 52.4 Å². The van der Waals surface area contributed by atoms with Crippen LogP contribution in [0, 0.1) is 33.8 Å². The molecule has 0 heterocycles. The normalized spacial score (nSPS) is 28.7. The Bertz CT molecular complexity index is 634. The molecule has 2 aliphatic carbocycles. The summed E-state index contributed by atoms with van der Waals surface area (Å²) in [5, 5.41) is 10.7. The van der Waals surface area contributed by atoms with Crippen molar-refractivity contribution < 1.29 is 18.4 Å². The predicted octanol–water partition coefficient (Wildman–Crippen LogP) is 6.98. The van der Waals surface area contributed by atoms with Gasteiger partial charge in [0.1, 0.15) is 5.75 Å². The Hall–Kier alpha value is -1.72. The molecular weight excluding hydrogens is 364 g/mol. The quantitative estimate of drug-likeness (QED) is 0.370. The van der Waals surface area contributed by atoms with Gasteiger partial charge in [0.15, 0.2) is 0 Å². The van der Waals surface area contributed by atoms with E-state index in [0.717, 1.165) is 18.8 Å². The maximum atomic E-state index is 14.6. The molecule has 0 spiro atoms. The van der Waals surface area contributed by atoms with Crippen molar-refractivity contribution in [1.82, 2.24) is 0 Å². The van der Waals surface area contributed by atoms with Gasteiger partial charge in [0.2, 0.25) is 0 Å². The Morgan fingerprint density at radius 3 is 2.04 bits per heavy atom. The molecule has 0 saturated heterocycles. The van der Waals surface area contributed by atoms with E-state index in [0.29, 0.717) is 24.7 Å². The Morgan fingerprint density at radius 1 is 1.00 bits per heavy atom. The molecule has 2 saturated carbocycles. The molecule has 3 rings (SSSR count). The molecule has 0 amide bonds. The zero-order valence-corrected chi connectivity index (χ0v) is 16.6. The molecule has 1 aromatic rings. The Labute approximate surface area is 165 Å². The van der Waals surface area contributed by atoms with Crippen LogP contribution in [0.2, 0.25) is 0 Å². The molecule has 2 aliphatic rings. The van der Waals surface area contributed by atoms with Crippen LogP contribution in [0.15, 0.2) is 24.3 Å². The number of non-ortho nitro benzene ring substituents is 1. The lowest BCUT2D eigenvalue weighted by molar-refractivity contribution is -0.384. The average Bonchev–Trinajstić information content (AvgIpc) is 2.69. The van der Waals surface area contributed by atoms with Crippen LogP contribution < -0.4 is 4.74 Å². The molecule has 2 fully saturated rings. The van der Waals surface area contributed by atoms with Crippen LogP contribution in [0.5, 0.6) is 5.75 Å². The van der Waals surface area contributed by atoms with Gasteiger partial charge in [-0.25, -0.2) is 0 Å². The predicted molar refractivity (Wildman–Crippen MR) is 104 cm³/mol. The van der Waals surface area contributed by atoms with Crippen LogP contribution in [0.4, 0.5) is 14.5 Å². The van der Waals surface area contributed by atoms with Gasteiger partial charge in [-0.05, 0) is 68.4 Å². The van der Waals surface area contributed by atoms with Crippen LogP contribution >= 0.6 is 0 Å². The fourth-order valence-corrected chi connectivity index (χ4v) is 5.16. The maximum absolute atomic E-state index is 14.6. The third-order valence-electron chi connectivity index (χ3n) is 6.80. The summed E-state index contributed by atoms with van der Waals surface area (Å²) in [6, 6.07) is 4.87. The van der Waals surface area contributed by atoms with Gasteiger partial charge in [-0.2, -0.15) is 8.78 Å². The van der Waals surface area contributed by atoms with Gasteiger partial charge < -0.3 is 4.74 Å². The number of benzene rings is 1. The van der Waals surface area contributed by atoms with E-state index >= 15 is 0 Å². The summed E-state index contributed by atoms with van der Waals surface area (Å²) >= 11 is 0. The third kappa shape index (κ3) is 5.21. The van der Waals surface area contributed by atoms with Crippen LogP contribution in [-0.2, 0) is 0 Å². The molecule has 0 radical (unpaired) electrons. The molecule has 4 nitrogen and oxygen atoms in total. The maximum Gasteiger partial charge on any atom is 0.400 e. The Kier molecular flexibility index (Phi) is 6.89. The monoisotopic (exact) mass is 395 g/mol. The number of nitro benzene ring substituents is 1. The standard InChI is InChI=1S/C22H31F2NO3/c1-2-3-16-4-6-17(7-5-16)18-8-10-19(11-9-18)22(23,24)28-21-14-12-20(13-15-21)25(26)27/h12-19H,2-11H2,1H3. The number of nitrogens with zero attached hydrogens (tertiary/aromatic N) is 1. The summed E-state index contributed by atoms with van der Waals surface area (Å²) < 4.78 is 34.1. The smallest absolute Gasteiger partial charge is 0.400 e. The highest BCUT2D eigenvalue weighted by Crippen LogP contribution is 2.45. The largest absolute Gasteiger partial charge is 0.432 e. The molecule has 0 aliphatic heterocycles. The van der Waals surface area contributed by atoms with E-state index in [9.17, 15) is 18.9 Å². The molecule has 1 aromatic carbocycles. The molecule has 0 N–H and O–H groups in total. The van der Waals surface area contributed by atoms with Crippen LogP contribution in [0.3, 0.4) is 0 Å². The highest BCUT2D eigenvalue weighted by molar-refractivity contribution is 5.36. The molecular formula is C22H31F2NO3. The zero-order chi connectivity index (χ0) is 20.1. The number of nitro groups is 1. The van der Waals surface area contributed by atoms with Gasteiger partial charge in [-0.3, -0.25) is 10.1 Å². The second kappa shape index (κ2) is 9.19. The van der Waals surface area contributed by atoms with E-state index < -0.39 is 16.9 Å². The van der Waals surface area contributed by atoms with E-state index in [-0.39, 0.29) is 11.4 Å². The Morgan fingerprint density at radius 2 is 1.54 bits per heavy atom. The Balaban J connectivity index is 1.48. The zero-order valence-electron chi connectivity index (χ0n) is 16.6. The molecule has 6 heteroatoms. The number of rotatable bonds is 7. The lowest BCUT2D eigenvalue weighted by Gasteiger charge is -2.39. The minimum absolute atomic E-state index is 0.0213. The fraction of sp³-hybridized carbons (Fsp3) is 0.727. The average molecular weight is 395 g/mol. The summed E-state index contributed by atoms with van der Waals surface area (Å²) in [5.41, 5.74) is -0.134.